The number of hydrogen-bond acceptors (Lipinski definition) is 3. The van der Waals surface area contributed by atoms with Crippen LogP contribution in [0.5, 0.6) is 0 Å². The monoisotopic (exact) mass is 618 g/mol. The molecule has 0 aliphatic heterocycles. The smallest absolute Gasteiger partial charge is 0.227 e. The summed E-state index contributed by atoms with van der Waals surface area (Å²) in [4.78, 5) is 38.7. The van der Waals surface area contributed by atoms with Crippen molar-refractivity contribution in [3.8, 4) is 0 Å². The zero-order valence-electron chi connectivity index (χ0n) is 21.7. The Morgan fingerprint density at radius 2 is 0.865 bits per heavy atom. The van der Waals surface area contributed by atoms with Gasteiger partial charge in [-0.3, -0.25) is 14.4 Å². The molecule has 0 bridgehead atoms. The molecule has 3 amide bonds. The van der Waals surface area contributed by atoms with Crippen molar-refractivity contribution in [2.45, 2.75) is 84.0 Å². The largest absolute Gasteiger partial charge is 0.328 e. The average molecular weight is 618 g/mol. The second-order valence-electron chi connectivity index (χ2n) is 10.5. The van der Waals surface area contributed by atoms with Crippen molar-refractivity contribution in [2.75, 3.05) is 16.0 Å². The molecule has 3 radical (unpaired) electrons. The number of nitrogens with one attached hydrogen (secondary N) is 3. The van der Waals surface area contributed by atoms with Crippen molar-refractivity contribution in [1.29, 1.82) is 0 Å². The molecule has 1 aromatic rings. The van der Waals surface area contributed by atoms with Crippen molar-refractivity contribution < 1.29 is 70.1 Å². The number of anilines is 3. The molecule has 3 saturated carbocycles. The van der Waals surface area contributed by atoms with Gasteiger partial charge in [-0.25, -0.2) is 0 Å². The maximum Gasteiger partial charge on any atom is 0.227 e. The molecule has 37 heavy (non-hydrogen) atoms. The molecule has 1 aromatic carbocycles. The Morgan fingerprint density at radius 3 is 1.19 bits per heavy atom. The summed E-state index contributed by atoms with van der Waals surface area (Å²) in [5, 5.41) is 9.15. The first-order chi connectivity index (χ1) is 16.5. The van der Waals surface area contributed by atoms with E-state index in [0.717, 1.165) is 77.0 Å². The Bertz CT molecular complexity index is 828. The zero-order valence-corrected chi connectivity index (χ0v) is 25.9. The van der Waals surface area contributed by atoms with Crippen molar-refractivity contribution in [3.63, 3.8) is 0 Å². The van der Waals surface area contributed by atoms with Crippen LogP contribution in [-0.2, 0) is 70.1 Å². The van der Waals surface area contributed by atoms with Gasteiger partial charge in [0.25, 0.3) is 0 Å². The number of benzene rings is 1. The van der Waals surface area contributed by atoms with Gasteiger partial charge >= 0.3 is 0 Å². The summed E-state index contributed by atoms with van der Waals surface area (Å²) in [6, 6.07) is 5.42. The van der Waals surface area contributed by atoms with Crippen LogP contribution in [0.15, 0.2) is 18.2 Å². The van der Waals surface area contributed by atoms with E-state index in [2.05, 4.69) is 35.7 Å². The number of rotatable bonds is 6. The van der Waals surface area contributed by atoms with Crippen molar-refractivity contribution in [2.24, 2.45) is 23.7 Å². The second-order valence-corrected chi connectivity index (χ2v) is 10.5. The molecular weight excluding hydrogens is 579 g/mol. The summed E-state index contributed by atoms with van der Waals surface area (Å²) < 4.78 is 0. The molecule has 6 nitrogen and oxygen atoms in total. The van der Waals surface area contributed by atoms with E-state index in [1.54, 1.807) is 18.2 Å². The van der Waals surface area contributed by atoms with Crippen LogP contribution in [0.1, 0.15) is 84.0 Å². The average Bonchev–Trinajstić information content (AvgIpc) is 2.85. The Labute approximate surface area is 258 Å². The minimum atomic E-state index is 0. The molecule has 0 saturated heterocycles. The minimum Gasteiger partial charge on any atom is -0.328 e. The number of carbonyl (C=O) groups excluding carboxylic acids is 3. The van der Waals surface area contributed by atoms with Crippen LogP contribution in [0.3, 0.4) is 0 Å². The quantitative estimate of drug-likeness (QED) is 0.337. The molecule has 3 aliphatic carbocycles. The van der Waals surface area contributed by atoms with E-state index in [9.17, 15) is 14.4 Å². The van der Waals surface area contributed by atoms with Gasteiger partial charge in [-0.2, -0.15) is 25.7 Å². The molecule has 0 heterocycles. The predicted molar refractivity (Wildman–Crippen MR) is 136 cm³/mol. The van der Waals surface area contributed by atoms with Crippen LogP contribution >= 0.6 is 0 Å². The van der Waals surface area contributed by atoms with Gasteiger partial charge in [0.2, 0.25) is 17.7 Å². The Balaban J connectivity index is 0.00000228. The van der Waals surface area contributed by atoms with E-state index < -0.39 is 0 Å². The van der Waals surface area contributed by atoms with Crippen molar-refractivity contribution in [3.05, 3.63) is 31.0 Å². The van der Waals surface area contributed by atoms with Crippen LogP contribution in [0, 0.1) is 36.5 Å². The molecule has 0 atom stereocenters. The molecule has 201 valence electrons. The summed E-state index contributed by atoms with van der Waals surface area (Å²) in [6.07, 6.45) is 15.8. The van der Waals surface area contributed by atoms with Crippen LogP contribution in [0.4, 0.5) is 17.1 Å². The first-order valence-corrected chi connectivity index (χ1v) is 13.2. The third-order valence-electron chi connectivity index (χ3n) is 7.74. The van der Waals surface area contributed by atoms with E-state index in [4.69, 9.17) is 0 Å². The topological polar surface area (TPSA) is 87.3 Å². The molecule has 3 N–H and O–H groups in total. The number of carbonyl (C=O) groups is 3. The molecule has 0 spiro atoms. The Morgan fingerprint density at radius 1 is 0.568 bits per heavy atom. The van der Waals surface area contributed by atoms with Crippen LogP contribution in [-0.4, -0.2) is 17.7 Å². The fourth-order valence-electron chi connectivity index (χ4n) is 5.48. The fraction of sp³-hybridized carbons (Fsp3) is 0.607. The van der Waals surface area contributed by atoms with Gasteiger partial charge in [0.15, 0.2) is 0 Å². The van der Waals surface area contributed by atoms with Crippen LogP contribution in [0.2, 0.25) is 0 Å². The zero-order chi connectivity index (χ0) is 23.9. The maximum atomic E-state index is 12.9. The molecule has 0 unspecified atom stereocenters. The fourth-order valence-corrected chi connectivity index (χ4v) is 5.48. The van der Waals surface area contributed by atoms with Crippen molar-refractivity contribution in [1.82, 2.24) is 0 Å². The van der Waals surface area contributed by atoms with Crippen LogP contribution in [0.25, 0.3) is 0 Å². The van der Waals surface area contributed by atoms with Gasteiger partial charge in [0.1, 0.15) is 0 Å². The summed E-state index contributed by atoms with van der Waals surface area (Å²) in [5.41, 5.74) is 1.84. The number of hydrogen-bond donors (Lipinski definition) is 3. The molecule has 3 fully saturated rings. The predicted octanol–water partition coefficient (Wildman–Crippen LogP) is 6.11. The van der Waals surface area contributed by atoms with Gasteiger partial charge in [0.05, 0.1) is 0 Å². The SMILES string of the molecule is CC1CCC(C(=O)Nc2cc(NC(=O)C3CC[CH-]CC3)cc(NC(=O)C3CC[CH-]CC3)c2)CC1.[V].[V].[V]. The first-order valence-electron chi connectivity index (χ1n) is 13.2. The second kappa shape index (κ2) is 17.2. The van der Waals surface area contributed by atoms with Gasteiger partial charge in [-0.15, -0.1) is 0 Å². The van der Waals surface area contributed by atoms with E-state index in [0.29, 0.717) is 23.0 Å². The molecular formula is C28H39N3O3V3-2. The third kappa shape index (κ3) is 10.5. The van der Waals surface area contributed by atoms with Gasteiger partial charge in [-0.05, 0) is 49.8 Å². The normalized spacial score (nSPS) is 22.3. The molecule has 0 aromatic heterocycles. The Kier molecular flexibility index (Phi) is 16.0. The van der Waals surface area contributed by atoms with Gasteiger partial charge in [0, 0.05) is 90.5 Å². The van der Waals surface area contributed by atoms with E-state index >= 15 is 0 Å². The summed E-state index contributed by atoms with van der Waals surface area (Å²) in [6.45, 7) is 2.24. The molecule has 4 rings (SSSR count). The number of amides is 3. The maximum absolute atomic E-state index is 12.9. The minimum absolute atomic E-state index is 0. The van der Waals surface area contributed by atoms with E-state index in [1.807, 2.05) is 0 Å². The molecule has 3 aliphatic rings. The van der Waals surface area contributed by atoms with Crippen molar-refractivity contribution >= 4 is 34.8 Å². The van der Waals surface area contributed by atoms with Crippen LogP contribution < -0.4 is 16.0 Å². The Hall–Kier alpha value is -0.617. The third-order valence-corrected chi connectivity index (χ3v) is 7.74. The standard InChI is InChI=1S/C28H39N3O3.3V/c1-19-12-14-22(15-13-19)28(34)31-25-17-23(29-26(32)20-8-4-2-5-9-20)16-24(18-25)30-27(33)21-10-6-3-7-11-21;;;/h2-3,16-22H,4-15H2,1H3,(H,29,32)(H,30,33)(H,31,34);;;/q-2;;;. The van der Waals surface area contributed by atoms with Gasteiger partial charge < -0.3 is 28.8 Å². The summed E-state index contributed by atoms with van der Waals surface area (Å²) >= 11 is 0. The molecule has 9 heteroatoms. The van der Waals surface area contributed by atoms with Gasteiger partial charge in [-0.1, -0.05) is 32.6 Å². The van der Waals surface area contributed by atoms with E-state index in [-0.39, 0.29) is 91.1 Å². The van der Waals surface area contributed by atoms with E-state index in [1.165, 1.54) is 0 Å². The first kappa shape index (κ1) is 34.4. The summed E-state index contributed by atoms with van der Waals surface area (Å²) in [7, 11) is 0. The summed E-state index contributed by atoms with van der Waals surface area (Å²) in [5.74, 6) is 0.755.